The maximum atomic E-state index is 12.8. The summed E-state index contributed by atoms with van der Waals surface area (Å²) in [7, 11) is 0. The third-order valence-electron chi connectivity index (χ3n) is 6.31. The highest BCUT2D eigenvalue weighted by Crippen LogP contribution is 2.50. The number of halogens is 1. The van der Waals surface area contributed by atoms with E-state index >= 15 is 0 Å². The molecule has 3 aliphatic rings. The van der Waals surface area contributed by atoms with Crippen molar-refractivity contribution < 1.29 is 19.2 Å². The molecular weight excluding hydrogens is 382 g/mol. The van der Waals surface area contributed by atoms with Gasteiger partial charge in [0.2, 0.25) is 5.91 Å². The lowest BCUT2D eigenvalue weighted by atomic mass is 9.83. The fourth-order valence-electron chi connectivity index (χ4n) is 5.01. The summed E-state index contributed by atoms with van der Waals surface area (Å²) in [5.41, 5.74) is 0.454. The molecule has 8 heteroatoms. The van der Waals surface area contributed by atoms with Crippen LogP contribution in [0.1, 0.15) is 32.6 Å². The van der Waals surface area contributed by atoms with E-state index in [1.54, 1.807) is 24.3 Å². The number of anilines is 1. The Labute approximate surface area is 168 Å². The summed E-state index contributed by atoms with van der Waals surface area (Å²) in [6, 6.07) is 5.50. The number of amides is 5. The van der Waals surface area contributed by atoms with Crippen molar-refractivity contribution in [2.24, 2.45) is 17.8 Å². The molecule has 1 aliphatic heterocycles. The Morgan fingerprint density at radius 1 is 1.21 bits per heavy atom. The van der Waals surface area contributed by atoms with Crippen LogP contribution < -0.4 is 5.32 Å². The molecule has 2 aliphatic carbocycles. The number of carbonyl (C=O) groups is 4. The first-order chi connectivity index (χ1) is 13.3. The Kier molecular flexibility index (Phi) is 4.87. The number of hydrogen-bond donors (Lipinski definition) is 1. The number of rotatable bonds is 5. The molecule has 28 heavy (non-hydrogen) atoms. The zero-order chi connectivity index (χ0) is 20.0. The Balaban J connectivity index is 1.44. The van der Waals surface area contributed by atoms with Gasteiger partial charge in [0, 0.05) is 16.8 Å². The van der Waals surface area contributed by atoms with Gasteiger partial charge in [0.05, 0.1) is 0 Å². The third kappa shape index (κ3) is 3.28. The van der Waals surface area contributed by atoms with Crippen molar-refractivity contribution >= 4 is 41.0 Å². The molecule has 4 rings (SSSR count). The van der Waals surface area contributed by atoms with Crippen LogP contribution in [0.2, 0.25) is 5.02 Å². The van der Waals surface area contributed by atoms with Gasteiger partial charge in [-0.05, 0) is 62.1 Å². The summed E-state index contributed by atoms with van der Waals surface area (Å²) in [5, 5.41) is 3.04. The van der Waals surface area contributed by atoms with Gasteiger partial charge in [-0.25, -0.2) is 9.69 Å². The highest BCUT2D eigenvalue weighted by atomic mass is 35.5. The Bertz CT molecular complexity index is 858. The molecule has 1 aromatic carbocycles. The molecule has 0 unspecified atom stereocenters. The number of hydrogen-bond acceptors (Lipinski definition) is 4. The molecule has 1 heterocycles. The van der Waals surface area contributed by atoms with Crippen LogP contribution in [0.5, 0.6) is 0 Å². The number of nitrogens with one attached hydrogen (secondary N) is 1. The first kappa shape index (κ1) is 18.9. The van der Waals surface area contributed by atoms with Crippen molar-refractivity contribution in [2.45, 2.75) is 38.6 Å². The fourth-order valence-corrected chi connectivity index (χ4v) is 5.20. The minimum atomic E-state index is -0.943. The first-order valence-electron chi connectivity index (χ1n) is 9.59. The van der Waals surface area contributed by atoms with Crippen LogP contribution in [0.15, 0.2) is 24.3 Å². The quantitative estimate of drug-likeness (QED) is 0.605. The van der Waals surface area contributed by atoms with Gasteiger partial charge in [0.15, 0.2) is 0 Å². The van der Waals surface area contributed by atoms with Crippen molar-refractivity contribution in [3.8, 4) is 0 Å². The Morgan fingerprint density at radius 2 is 2.00 bits per heavy atom. The van der Waals surface area contributed by atoms with E-state index in [9.17, 15) is 19.2 Å². The van der Waals surface area contributed by atoms with Gasteiger partial charge >= 0.3 is 17.8 Å². The largest absolute Gasteiger partial charge is 0.334 e. The second-order valence-electron chi connectivity index (χ2n) is 7.99. The summed E-state index contributed by atoms with van der Waals surface area (Å²) >= 11 is 5.89. The van der Waals surface area contributed by atoms with Gasteiger partial charge in [-0.3, -0.25) is 19.3 Å². The molecule has 1 saturated heterocycles. The van der Waals surface area contributed by atoms with E-state index in [4.69, 9.17) is 11.6 Å². The highest BCUT2D eigenvalue weighted by molar-refractivity contribution is 6.45. The maximum absolute atomic E-state index is 12.8. The molecule has 2 saturated carbocycles. The van der Waals surface area contributed by atoms with E-state index in [0.717, 1.165) is 29.1 Å². The number of fused-ring (bicyclic) bond motifs is 2. The van der Waals surface area contributed by atoms with Gasteiger partial charge in [-0.1, -0.05) is 24.1 Å². The van der Waals surface area contributed by atoms with Crippen molar-refractivity contribution in [3.05, 3.63) is 29.3 Å². The second kappa shape index (κ2) is 7.20. The lowest BCUT2D eigenvalue weighted by molar-refractivity contribution is -0.144. The van der Waals surface area contributed by atoms with Crippen LogP contribution >= 0.6 is 11.6 Å². The lowest BCUT2D eigenvalue weighted by Crippen LogP contribution is -2.45. The predicted octanol–water partition coefficient (Wildman–Crippen LogP) is 2.89. The number of nitrogens with zero attached hydrogens (tertiary/aromatic N) is 2. The molecule has 0 radical (unpaired) electrons. The third-order valence-corrected chi connectivity index (χ3v) is 6.55. The number of imide groups is 2. The Hall–Kier alpha value is -2.41. The van der Waals surface area contributed by atoms with Gasteiger partial charge in [-0.15, -0.1) is 0 Å². The number of urea groups is 1. The highest BCUT2D eigenvalue weighted by Gasteiger charge is 2.52. The van der Waals surface area contributed by atoms with Gasteiger partial charge in [0.1, 0.15) is 6.54 Å². The van der Waals surface area contributed by atoms with E-state index in [0.29, 0.717) is 22.5 Å². The molecule has 1 aromatic rings. The normalized spacial score (nSPS) is 27.6. The number of carbonyl (C=O) groups excluding carboxylic acids is 4. The smallest absolute Gasteiger partial charge is 0.324 e. The van der Waals surface area contributed by atoms with E-state index in [1.165, 1.54) is 6.42 Å². The van der Waals surface area contributed by atoms with Crippen molar-refractivity contribution in [2.75, 3.05) is 11.9 Å². The van der Waals surface area contributed by atoms with Crippen LogP contribution in [0.25, 0.3) is 0 Å². The predicted molar refractivity (Wildman–Crippen MR) is 102 cm³/mol. The average molecular weight is 404 g/mol. The number of benzene rings is 1. The minimum Gasteiger partial charge on any atom is -0.324 e. The van der Waals surface area contributed by atoms with E-state index in [2.05, 4.69) is 5.32 Å². The topological polar surface area (TPSA) is 86.8 Å². The van der Waals surface area contributed by atoms with Gasteiger partial charge in [0.25, 0.3) is 0 Å². The van der Waals surface area contributed by atoms with Crippen LogP contribution in [0.3, 0.4) is 0 Å². The average Bonchev–Trinajstić information content (AvgIpc) is 3.33. The maximum Gasteiger partial charge on any atom is 0.334 e. The van der Waals surface area contributed by atoms with Crippen molar-refractivity contribution in [1.82, 2.24) is 9.80 Å². The molecule has 1 N–H and O–H groups in total. The molecule has 0 spiro atoms. The molecule has 7 nitrogen and oxygen atoms in total. The van der Waals surface area contributed by atoms with Crippen LogP contribution in [0.4, 0.5) is 10.5 Å². The molecule has 2 bridgehead atoms. The molecule has 4 atom stereocenters. The van der Waals surface area contributed by atoms with E-state index < -0.39 is 30.3 Å². The van der Waals surface area contributed by atoms with Crippen LogP contribution in [-0.2, 0) is 14.4 Å². The molecule has 0 aromatic heterocycles. The molecular formula is C20H22ClN3O4. The molecule has 3 fully saturated rings. The van der Waals surface area contributed by atoms with Gasteiger partial charge in [-0.2, -0.15) is 0 Å². The summed E-state index contributed by atoms with van der Waals surface area (Å²) in [5.74, 6) is -0.931. The summed E-state index contributed by atoms with van der Waals surface area (Å²) in [6.07, 6.45) is 4.47. The Morgan fingerprint density at radius 3 is 2.64 bits per heavy atom. The lowest BCUT2D eigenvalue weighted by Gasteiger charge is -2.32. The van der Waals surface area contributed by atoms with Crippen molar-refractivity contribution in [3.63, 3.8) is 0 Å². The second-order valence-corrected chi connectivity index (χ2v) is 8.42. The fraction of sp³-hybridized carbons (Fsp3) is 0.500. The SMILES string of the molecule is C[C@@H]([C@H]1C[C@H]2CC[C@H]1C2)N1C(=O)C(=O)N(CC(=O)Nc2cccc(Cl)c2)C1=O. The summed E-state index contributed by atoms with van der Waals surface area (Å²) < 4.78 is 0. The van der Waals surface area contributed by atoms with E-state index in [-0.39, 0.29) is 12.0 Å². The molecule has 148 valence electrons. The summed E-state index contributed by atoms with van der Waals surface area (Å²) in [6.45, 7) is 1.33. The zero-order valence-electron chi connectivity index (χ0n) is 15.6. The van der Waals surface area contributed by atoms with Gasteiger partial charge < -0.3 is 5.32 Å². The van der Waals surface area contributed by atoms with Crippen LogP contribution in [0, 0.1) is 17.8 Å². The van der Waals surface area contributed by atoms with Crippen LogP contribution in [-0.4, -0.2) is 46.1 Å². The summed E-state index contributed by atoms with van der Waals surface area (Å²) in [4.78, 5) is 51.7. The van der Waals surface area contributed by atoms with Crippen molar-refractivity contribution in [1.29, 1.82) is 0 Å². The minimum absolute atomic E-state index is 0.236. The standard InChI is InChI=1S/C20H22ClN3O4/c1-11(16-8-12-5-6-13(16)7-12)24-19(27)18(26)23(20(24)28)10-17(25)22-15-4-2-3-14(21)9-15/h2-4,9,11-13,16H,5-8,10H2,1H3,(H,22,25)/t11-,12-,13-,16+/m0/s1. The monoisotopic (exact) mass is 403 g/mol. The first-order valence-corrected chi connectivity index (χ1v) is 9.97. The molecule has 5 amide bonds. The van der Waals surface area contributed by atoms with E-state index in [1.807, 2.05) is 6.92 Å². The zero-order valence-corrected chi connectivity index (χ0v) is 16.3.